The average molecular weight is 591 g/mol. The Morgan fingerprint density at radius 1 is 1.12 bits per heavy atom. The van der Waals surface area contributed by atoms with E-state index in [0.29, 0.717) is 50.7 Å². The number of carbonyl (C=O) groups excluding carboxylic acids is 1. The van der Waals surface area contributed by atoms with Crippen molar-refractivity contribution < 1.29 is 23.2 Å². The minimum absolute atomic E-state index is 0.0554. The number of aryl methyl sites for hydroxylation is 2. The summed E-state index contributed by atoms with van der Waals surface area (Å²) in [4.78, 5) is 37.4. The van der Waals surface area contributed by atoms with E-state index in [2.05, 4.69) is 9.98 Å². The molecule has 4 aromatic rings. The summed E-state index contributed by atoms with van der Waals surface area (Å²) >= 11 is 0. The number of aliphatic imine (C=N–C) groups is 1. The lowest BCUT2D eigenvalue weighted by atomic mass is 10.1. The third-order valence-corrected chi connectivity index (χ3v) is 7.96. The molecule has 0 bridgehead atoms. The van der Waals surface area contributed by atoms with Gasteiger partial charge in [0.15, 0.2) is 6.79 Å². The molecule has 0 saturated carbocycles. The molecular weight excluding hydrogens is 558 g/mol. The highest BCUT2D eigenvalue weighted by atomic mass is 31.1. The first kappa shape index (κ1) is 29.4. The predicted molar refractivity (Wildman–Crippen MR) is 163 cm³/mol. The molecule has 1 unspecified atom stereocenters. The summed E-state index contributed by atoms with van der Waals surface area (Å²) < 4.78 is 32.5. The van der Waals surface area contributed by atoms with Gasteiger partial charge in [-0.2, -0.15) is 0 Å². The first-order valence-electron chi connectivity index (χ1n) is 13.6. The number of amides is 1. The van der Waals surface area contributed by atoms with Crippen molar-refractivity contribution in [2.45, 2.75) is 33.6 Å². The molecule has 1 amide bonds. The second-order valence-electron chi connectivity index (χ2n) is 9.88. The fourth-order valence-electron chi connectivity index (χ4n) is 4.97. The lowest BCUT2D eigenvalue weighted by Crippen LogP contribution is -2.28. The molecule has 0 spiro atoms. The maximum absolute atomic E-state index is 13.8. The number of nitrogens with zero attached hydrogens (tertiary/aromatic N) is 4. The number of ether oxygens (including phenoxy) is 2. The summed E-state index contributed by atoms with van der Waals surface area (Å²) in [5.74, 6) is 1.07. The quantitative estimate of drug-likeness (QED) is 0.112. The van der Waals surface area contributed by atoms with Crippen LogP contribution in [0.3, 0.4) is 0 Å². The van der Waals surface area contributed by atoms with E-state index in [1.165, 1.54) is 10.6 Å². The Bertz CT molecular complexity index is 1730. The molecule has 1 saturated heterocycles. The van der Waals surface area contributed by atoms with Crippen LogP contribution in [-0.2, 0) is 4.52 Å². The summed E-state index contributed by atoms with van der Waals surface area (Å²) in [6, 6.07) is 13.1. The molecule has 0 aliphatic carbocycles. The monoisotopic (exact) mass is 590 g/mol. The molecule has 9 nitrogen and oxygen atoms in total. The van der Waals surface area contributed by atoms with E-state index in [4.69, 9.17) is 14.0 Å². The molecule has 5 rings (SSSR count). The Balaban J connectivity index is 1.32. The third kappa shape index (κ3) is 6.05. The Labute approximate surface area is 244 Å². The Morgan fingerprint density at radius 2 is 1.90 bits per heavy atom. The number of aromatic nitrogens is 2. The van der Waals surface area contributed by atoms with Gasteiger partial charge in [-0.15, -0.1) is 0 Å². The van der Waals surface area contributed by atoms with Crippen LogP contribution in [0, 0.1) is 19.7 Å². The van der Waals surface area contributed by atoms with E-state index in [1.54, 1.807) is 70.5 Å². The molecule has 11 heteroatoms. The number of hydrogen-bond acceptors (Lipinski definition) is 7. The van der Waals surface area contributed by atoms with Crippen LogP contribution >= 0.6 is 8.81 Å². The van der Waals surface area contributed by atoms with E-state index in [-0.39, 0.29) is 32.9 Å². The highest BCUT2D eigenvalue weighted by Gasteiger charge is 2.24. The summed E-state index contributed by atoms with van der Waals surface area (Å²) in [6.45, 7) is 6.58. The van der Waals surface area contributed by atoms with E-state index in [9.17, 15) is 14.0 Å². The van der Waals surface area contributed by atoms with Crippen LogP contribution in [-0.4, -0.2) is 53.6 Å². The van der Waals surface area contributed by atoms with Crippen LogP contribution < -0.4 is 20.3 Å². The van der Waals surface area contributed by atoms with E-state index in [0.717, 1.165) is 31.2 Å². The second kappa shape index (κ2) is 12.8. The molecule has 3 aromatic carbocycles. The van der Waals surface area contributed by atoms with Gasteiger partial charge in [-0.1, -0.05) is 0 Å². The SMILES string of the molecule is CC=Nc1cc(POCOc2ccc3nc(C)n(-c4ccc(F)c(C)c4)c(=O)c3c2)c(OC)cc1C(=O)N1CCCC1. The fourth-order valence-corrected chi connectivity index (χ4v) is 5.71. The molecule has 1 atom stereocenters. The predicted octanol–water partition coefficient (Wildman–Crippen LogP) is 5.38. The molecular formula is C31H32FN4O5P. The van der Waals surface area contributed by atoms with Gasteiger partial charge < -0.3 is 18.9 Å². The van der Waals surface area contributed by atoms with Crippen LogP contribution in [0.5, 0.6) is 11.5 Å². The maximum Gasteiger partial charge on any atom is 0.266 e. The zero-order chi connectivity index (χ0) is 29.8. The van der Waals surface area contributed by atoms with E-state index < -0.39 is 0 Å². The summed E-state index contributed by atoms with van der Waals surface area (Å²) in [7, 11) is 1.41. The number of carbonyl (C=O) groups is 1. The van der Waals surface area contributed by atoms with Crippen LogP contribution in [0.2, 0.25) is 0 Å². The van der Waals surface area contributed by atoms with Gasteiger partial charge in [0.2, 0.25) is 0 Å². The van der Waals surface area contributed by atoms with Crippen LogP contribution in [0.1, 0.15) is 41.5 Å². The molecule has 2 heterocycles. The van der Waals surface area contributed by atoms with Gasteiger partial charge in [0.05, 0.1) is 43.8 Å². The van der Waals surface area contributed by atoms with E-state index in [1.807, 2.05) is 11.0 Å². The summed E-state index contributed by atoms with van der Waals surface area (Å²) in [5.41, 5.74) is 2.28. The van der Waals surface area contributed by atoms with Crippen LogP contribution in [0.25, 0.3) is 16.6 Å². The Hall–Kier alpha value is -4.14. The zero-order valence-electron chi connectivity index (χ0n) is 23.9. The molecule has 0 radical (unpaired) electrons. The molecule has 1 aliphatic rings. The first-order valence-corrected chi connectivity index (χ1v) is 14.5. The van der Waals surface area contributed by atoms with Crippen molar-refractivity contribution in [1.82, 2.24) is 14.5 Å². The highest BCUT2D eigenvalue weighted by Crippen LogP contribution is 2.31. The van der Waals surface area contributed by atoms with Gasteiger partial charge in [-0.25, -0.2) is 9.37 Å². The minimum Gasteiger partial charge on any atom is -0.496 e. The van der Waals surface area contributed by atoms with Gasteiger partial charge in [0, 0.05) is 24.6 Å². The molecule has 218 valence electrons. The molecule has 1 fully saturated rings. The third-order valence-electron chi connectivity index (χ3n) is 7.08. The second-order valence-corrected chi connectivity index (χ2v) is 10.9. The largest absolute Gasteiger partial charge is 0.496 e. The van der Waals surface area contributed by atoms with Crippen molar-refractivity contribution in [3.63, 3.8) is 0 Å². The van der Waals surface area contributed by atoms with Crippen molar-refractivity contribution in [3.05, 3.63) is 81.7 Å². The number of likely N-dealkylation sites (tertiary alicyclic amines) is 1. The van der Waals surface area contributed by atoms with Crippen molar-refractivity contribution in [2.24, 2.45) is 4.99 Å². The topological polar surface area (TPSA) is 95.3 Å². The van der Waals surface area contributed by atoms with Gasteiger partial charge in [0.25, 0.3) is 11.5 Å². The van der Waals surface area contributed by atoms with Gasteiger partial charge in [-0.3, -0.25) is 19.1 Å². The molecule has 0 N–H and O–H groups in total. The van der Waals surface area contributed by atoms with Gasteiger partial charge >= 0.3 is 0 Å². The Kier molecular flexibility index (Phi) is 8.94. The van der Waals surface area contributed by atoms with Crippen LogP contribution in [0.4, 0.5) is 10.1 Å². The van der Waals surface area contributed by atoms with Gasteiger partial charge in [-0.05, 0) is 87.7 Å². The zero-order valence-corrected chi connectivity index (χ0v) is 24.9. The van der Waals surface area contributed by atoms with Crippen LogP contribution in [0.15, 0.2) is 58.3 Å². The summed E-state index contributed by atoms with van der Waals surface area (Å²) in [6.07, 6.45) is 3.65. The van der Waals surface area contributed by atoms with Crippen molar-refractivity contribution in [2.75, 3.05) is 27.0 Å². The lowest BCUT2D eigenvalue weighted by Gasteiger charge is -2.18. The number of methoxy groups -OCH3 is 1. The molecule has 1 aromatic heterocycles. The average Bonchev–Trinajstić information content (AvgIpc) is 3.52. The highest BCUT2D eigenvalue weighted by molar-refractivity contribution is 7.42. The first-order chi connectivity index (χ1) is 20.3. The number of benzene rings is 3. The molecule has 1 aliphatic heterocycles. The van der Waals surface area contributed by atoms with E-state index >= 15 is 0 Å². The standard InChI is InChI=1S/C31H32FN4O5P/c1-5-33-27-17-29(28(39-4)16-24(27)30(37)35-12-6-7-13-35)42-41-18-40-22-9-11-26-23(15-22)31(38)36(20(3)34-26)21-8-10-25(32)19(2)14-21/h5,8-11,14-17,42H,6-7,12-13,18H2,1-4H3. The molecule has 42 heavy (non-hydrogen) atoms. The Morgan fingerprint density at radius 3 is 2.62 bits per heavy atom. The maximum atomic E-state index is 13.8. The normalized spacial score (nSPS) is 13.6. The smallest absolute Gasteiger partial charge is 0.266 e. The summed E-state index contributed by atoms with van der Waals surface area (Å²) in [5, 5.41) is 1.11. The lowest BCUT2D eigenvalue weighted by molar-refractivity contribution is 0.0793. The number of fused-ring (bicyclic) bond motifs is 1. The van der Waals surface area contributed by atoms with Gasteiger partial charge in [0.1, 0.15) is 23.1 Å². The number of halogens is 1. The van der Waals surface area contributed by atoms with Crippen molar-refractivity contribution >= 4 is 42.8 Å². The van der Waals surface area contributed by atoms with Crippen molar-refractivity contribution in [3.8, 4) is 17.2 Å². The number of rotatable bonds is 9. The minimum atomic E-state index is -0.340. The fraction of sp³-hybridized carbons (Fsp3) is 0.290. The number of hydrogen-bond donors (Lipinski definition) is 0. The van der Waals surface area contributed by atoms with Crippen molar-refractivity contribution in [1.29, 1.82) is 0 Å².